The molecule has 0 aromatic carbocycles. The van der Waals surface area contributed by atoms with E-state index in [2.05, 4.69) is 22.5 Å². The first-order chi connectivity index (χ1) is 6.86. The lowest BCUT2D eigenvalue weighted by Crippen LogP contribution is -2.50. The van der Waals surface area contributed by atoms with Crippen molar-refractivity contribution in [2.24, 2.45) is 5.92 Å². The van der Waals surface area contributed by atoms with Gasteiger partial charge in [-0.15, -0.1) is 0 Å². The molecule has 2 saturated heterocycles. The molecule has 14 heavy (non-hydrogen) atoms. The average molecular weight is 197 g/mol. The van der Waals surface area contributed by atoms with Gasteiger partial charge in [0.2, 0.25) is 0 Å². The molecule has 2 rings (SSSR count). The molecule has 3 heteroatoms. The van der Waals surface area contributed by atoms with Gasteiger partial charge in [0.05, 0.1) is 0 Å². The first kappa shape index (κ1) is 10.4. The van der Waals surface area contributed by atoms with Gasteiger partial charge in [0, 0.05) is 25.7 Å². The minimum absolute atomic E-state index is 0.734. The van der Waals surface area contributed by atoms with Crippen molar-refractivity contribution in [3.63, 3.8) is 0 Å². The zero-order valence-corrected chi connectivity index (χ0v) is 9.26. The van der Waals surface area contributed by atoms with Crippen LogP contribution in [0.4, 0.5) is 0 Å². The van der Waals surface area contributed by atoms with E-state index in [4.69, 9.17) is 0 Å². The third kappa shape index (κ3) is 2.69. The Bertz CT molecular complexity index is 166. The molecule has 2 aliphatic rings. The normalized spacial score (nSPS) is 34.9. The predicted molar refractivity (Wildman–Crippen MR) is 59.5 cm³/mol. The van der Waals surface area contributed by atoms with Crippen LogP contribution in [-0.2, 0) is 0 Å². The summed E-state index contributed by atoms with van der Waals surface area (Å²) in [5, 5.41) is 6.88. The Morgan fingerprint density at radius 2 is 2.07 bits per heavy atom. The second-order valence-corrected chi connectivity index (χ2v) is 4.74. The molecule has 2 heterocycles. The summed E-state index contributed by atoms with van der Waals surface area (Å²) in [7, 11) is 0. The number of rotatable bonds is 3. The molecule has 2 atom stereocenters. The van der Waals surface area contributed by atoms with Crippen LogP contribution in [0, 0.1) is 5.92 Å². The van der Waals surface area contributed by atoms with Crippen LogP contribution in [0.15, 0.2) is 0 Å². The van der Waals surface area contributed by atoms with Crippen molar-refractivity contribution in [1.29, 1.82) is 0 Å². The number of hydrogen-bond donors (Lipinski definition) is 2. The van der Waals surface area contributed by atoms with Crippen LogP contribution < -0.4 is 10.6 Å². The Morgan fingerprint density at radius 3 is 2.79 bits per heavy atom. The molecule has 0 aromatic rings. The van der Waals surface area contributed by atoms with Gasteiger partial charge in [-0.25, -0.2) is 0 Å². The number of nitrogens with one attached hydrogen (secondary N) is 2. The van der Waals surface area contributed by atoms with Crippen molar-refractivity contribution in [3.05, 3.63) is 0 Å². The van der Waals surface area contributed by atoms with E-state index in [-0.39, 0.29) is 0 Å². The fourth-order valence-electron chi connectivity index (χ4n) is 2.52. The van der Waals surface area contributed by atoms with Gasteiger partial charge in [0.1, 0.15) is 0 Å². The lowest BCUT2D eigenvalue weighted by molar-refractivity contribution is 0.164. The smallest absolute Gasteiger partial charge is 0.0192 e. The summed E-state index contributed by atoms with van der Waals surface area (Å²) in [6, 6.07) is 0.734. The first-order valence-electron chi connectivity index (χ1n) is 6.02. The van der Waals surface area contributed by atoms with Crippen molar-refractivity contribution in [2.75, 3.05) is 39.3 Å². The molecule has 0 radical (unpaired) electrons. The minimum Gasteiger partial charge on any atom is -0.316 e. The van der Waals surface area contributed by atoms with Crippen LogP contribution in [-0.4, -0.2) is 50.2 Å². The summed E-state index contributed by atoms with van der Waals surface area (Å²) in [6.07, 6.45) is 2.78. The van der Waals surface area contributed by atoms with E-state index in [0.717, 1.165) is 12.0 Å². The van der Waals surface area contributed by atoms with Gasteiger partial charge in [-0.1, -0.05) is 0 Å². The van der Waals surface area contributed by atoms with E-state index < -0.39 is 0 Å². The lowest BCUT2D eigenvalue weighted by atomic mass is 10.0. The topological polar surface area (TPSA) is 27.3 Å². The highest BCUT2D eigenvalue weighted by molar-refractivity contribution is 4.78. The van der Waals surface area contributed by atoms with Crippen LogP contribution in [0.3, 0.4) is 0 Å². The molecule has 2 aliphatic heterocycles. The van der Waals surface area contributed by atoms with E-state index >= 15 is 0 Å². The molecule has 0 aromatic heterocycles. The molecule has 0 aliphatic carbocycles. The van der Waals surface area contributed by atoms with Crippen molar-refractivity contribution in [1.82, 2.24) is 15.5 Å². The quantitative estimate of drug-likeness (QED) is 0.680. The van der Waals surface area contributed by atoms with Gasteiger partial charge in [-0.2, -0.15) is 0 Å². The summed E-state index contributed by atoms with van der Waals surface area (Å²) in [5.74, 6) is 0.942. The second-order valence-electron chi connectivity index (χ2n) is 4.74. The number of hydrogen-bond acceptors (Lipinski definition) is 3. The van der Waals surface area contributed by atoms with E-state index in [9.17, 15) is 0 Å². The Hall–Kier alpha value is -0.120. The molecular formula is C11H23N3. The van der Waals surface area contributed by atoms with Crippen LogP contribution in [0.2, 0.25) is 0 Å². The van der Waals surface area contributed by atoms with Crippen molar-refractivity contribution < 1.29 is 0 Å². The highest BCUT2D eigenvalue weighted by Crippen LogP contribution is 2.14. The standard InChI is InChI=1S/C11H23N3/c1-10-8-13-5-7-14(10)6-3-11-2-4-12-9-11/h10-13H,2-9H2,1H3. The average Bonchev–Trinajstić information content (AvgIpc) is 2.69. The maximum atomic E-state index is 3.44. The van der Waals surface area contributed by atoms with E-state index in [0.29, 0.717) is 0 Å². The maximum Gasteiger partial charge on any atom is 0.0192 e. The van der Waals surface area contributed by atoms with Crippen LogP contribution in [0.1, 0.15) is 19.8 Å². The largest absolute Gasteiger partial charge is 0.316 e. The Kier molecular flexibility index (Phi) is 3.79. The molecule has 2 fully saturated rings. The molecule has 0 saturated carbocycles. The molecule has 0 spiro atoms. The lowest BCUT2D eigenvalue weighted by Gasteiger charge is -2.34. The Morgan fingerprint density at radius 1 is 1.21 bits per heavy atom. The van der Waals surface area contributed by atoms with Gasteiger partial charge < -0.3 is 10.6 Å². The fourth-order valence-corrected chi connectivity index (χ4v) is 2.52. The van der Waals surface area contributed by atoms with Crippen molar-refractivity contribution in [2.45, 2.75) is 25.8 Å². The van der Waals surface area contributed by atoms with Gasteiger partial charge >= 0.3 is 0 Å². The predicted octanol–water partition coefficient (Wildman–Crippen LogP) is 0.280. The Labute approximate surface area is 87.2 Å². The van der Waals surface area contributed by atoms with E-state index in [1.165, 1.54) is 52.1 Å². The SMILES string of the molecule is CC1CNCCN1CCC1CCNC1. The van der Waals surface area contributed by atoms with Crippen LogP contribution in [0.25, 0.3) is 0 Å². The van der Waals surface area contributed by atoms with Crippen molar-refractivity contribution >= 4 is 0 Å². The molecule has 2 N–H and O–H groups in total. The number of piperazine rings is 1. The number of nitrogens with zero attached hydrogens (tertiary/aromatic N) is 1. The van der Waals surface area contributed by atoms with Crippen LogP contribution >= 0.6 is 0 Å². The summed E-state index contributed by atoms with van der Waals surface area (Å²) >= 11 is 0. The van der Waals surface area contributed by atoms with Gasteiger partial charge in [0.15, 0.2) is 0 Å². The maximum absolute atomic E-state index is 3.44. The fraction of sp³-hybridized carbons (Fsp3) is 1.00. The molecule has 0 amide bonds. The van der Waals surface area contributed by atoms with Crippen LogP contribution in [0.5, 0.6) is 0 Å². The molecule has 82 valence electrons. The summed E-state index contributed by atoms with van der Waals surface area (Å²) < 4.78 is 0. The van der Waals surface area contributed by atoms with Gasteiger partial charge in [0.25, 0.3) is 0 Å². The van der Waals surface area contributed by atoms with E-state index in [1.54, 1.807) is 0 Å². The summed E-state index contributed by atoms with van der Waals surface area (Å²) in [4.78, 5) is 2.63. The van der Waals surface area contributed by atoms with Gasteiger partial charge in [-0.3, -0.25) is 4.90 Å². The summed E-state index contributed by atoms with van der Waals surface area (Å²) in [6.45, 7) is 9.70. The Balaban J connectivity index is 1.67. The molecule has 2 unspecified atom stereocenters. The van der Waals surface area contributed by atoms with Crippen molar-refractivity contribution in [3.8, 4) is 0 Å². The molecule has 3 nitrogen and oxygen atoms in total. The summed E-state index contributed by atoms with van der Waals surface area (Å²) in [5.41, 5.74) is 0. The molecular weight excluding hydrogens is 174 g/mol. The third-order valence-electron chi connectivity index (χ3n) is 3.63. The second kappa shape index (κ2) is 5.10. The molecule has 0 bridgehead atoms. The first-order valence-corrected chi connectivity index (χ1v) is 6.02. The zero-order chi connectivity index (χ0) is 9.80. The third-order valence-corrected chi connectivity index (χ3v) is 3.63. The zero-order valence-electron chi connectivity index (χ0n) is 9.26. The highest BCUT2D eigenvalue weighted by Gasteiger charge is 2.20. The highest BCUT2D eigenvalue weighted by atomic mass is 15.2. The monoisotopic (exact) mass is 197 g/mol. The van der Waals surface area contributed by atoms with E-state index in [1.807, 2.05) is 0 Å². The van der Waals surface area contributed by atoms with Gasteiger partial charge in [-0.05, 0) is 45.3 Å². The minimum atomic E-state index is 0.734.